The summed E-state index contributed by atoms with van der Waals surface area (Å²) in [4.78, 5) is 13.8. The van der Waals surface area contributed by atoms with Crippen molar-refractivity contribution in [1.29, 1.82) is 0 Å². The fourth-order valence-electron chi connectivity index (χ4n) is 7.11. The van der Waals surface area contributed by atoms with Crippen molar-refractivity contribution < 1.29 is 22.3 Å². The Morgan fingerprint density at radius 3 is 2.64 bits per heavy atom. The van der Waals surface area contributed by atoms with Crippen LogP contribution in [-0.2, 0) is 26.0 Å². The zero-order valence-corrected chi connectivity index (χ0v) is 26.9. The third kappa shape index (κ3) is 7.54. The van der Waals surface area contributed by atoms with E-state index in [4.69, 9.17) is 22.1 Å². The number of carbonyl (C=O) groups excluding carboxylic acids is 1. The van der Waals surface area contributed by atoms with Gasteiger partial charge in [0.15, 0.2) is 0 Å². The summed E-state index contributed by atoms with van der Waals surface area (Å²) in [6, 6.07) is 10.8. The fraction of sp³-hybridized carbons (Fsp3) is 0.545. The van der Waals surface area contributed by atoms with Crippen molar-refractivity contribution in [3.05, 3.63) is 76.6 Å². The molecular formula is C33H44ClFN4O4S. The second kappa shape index (κ2) is 14.4. The summed E-state index contributed by atoms with van der Waals surface area (Å²) in [7, 11) is -3.45. The maximum Gasteiger partial charge on any atom is 0.241 e. The van der Waals surface area contributed by atoms with E-state index in [1.165, 1.54) is 6.07 Å². The first-order valence-electron chi connectivity index (χ1n) is 15.7. The van der Waals surface area contributed by atoms with Crippen LogP contribution < -0.4 is 16.4 Å². The number of amides is 1. The Morgan fingerprint density at radius 1 is 1.20 bits per heavy atom. The van der Waals surface area contributed by atoms with E-state index < -0.39 is 21.9 Å². The van der Waals surface area contributed by atoms with Gasteiger partial charge in [-0.15, -0.1) is 0 Å². The molecule has 44 heavy (non-hydrogen) atoms. The lowest BCUT2D eigenvalue weighted by Gasteiger charge is -2.38. The molecule has 3 aliphatic rings. The van der Waals surface area contributed by atoms with Gasteiger partial charge in [0.25, 0.3) is 0 Å². The topological polar surface area (TPSA) is 114 Å². The fourth-order valence-corrected chi connectivity index (χ4v) is 9.00. The molecule has 8 nitrogen and oxygen atoms in total. The van der Waals surface area contributed by atoms with Crippen molar-refractivity contribution in [3.8, 4) is 0 Å². The van der Waals surface area contributed by atoms with E-state index in [1.54, 1.807) is 16.4 Å². The molecule has 0 spiro atoms. The molecule has 5 rings (SSSR count). The SMILES string of the molecule is C=C1CCS(=O)(=O)N2CC1NCC2CCc1c(F)cccc1NC(=O)C(N)C(c1ccc(Cl)cc1)C1CCC(OCC)CC1. The molecule has 2 saturated heterocycles. The molecular weight excluding hydrogens is 603 g/mol. The molecule has 3 fully saturated rings. The van der Waals surface area contributed by atoms with Crippen LogP contribution >= 0.6 is 11.6 Å². The maximum atomic E-state index is 15.3. The zero-order chi connectivity index (χ0) is 31.4. The van der Waals surface area contributed by atoms with E-state index in [9.17, 15) is 13.2 Å². The maximum absolute atomic E-state index is 15.3. The van der Waals surface area contributed by atoms with Crippen LogP contribution in [0.4, 0.5) is 10.1 Å². The average molecular weight is 647 g/mol. The smallest absolute Gasteiger partial charge is 0.241 e. The van der Waals surface area contributed by atoms with E-state index in [2.05, 4.69) is 17.2 Å². The number of carbonyl (C=O) groups is 1. The first-order chi connectivity index (χ1) is 21.1. The van der Waals surface area contributed by atoms with Gasteiger partial charge in [0.05, 0.1) is 17.9 Å². The Labute approximate surface area is 265 Å². The summed E-state index contributed by atoms with van der Waals surface area (Å²) in [6.45, 7) is 7.52. The van der Waals surface area contributed by atoms with Crippen LogP contribution in [0.2, 0.25) is 5.02 Å². The van der Waals surface area contributed by atoms with E-state index in [1.807, 2.05) is 31.2 Å². The van der Waals surface area contributed by atoms with Gasteiger partial charge >= 0.3 is 0 Å². The van der Waals surface area contributed by atoms with Crippen molar-refractivity contribution in [3.63, 3.8) is 0 Å². The normalized spacial score (nSPS) is 28.1. The predicted octanol–water partition coefficient (Wildman–Crippen LogP) is 4.99. The zero-order valence-electron chi connectivity index (χ0n) is 25.3. The van der Waals surface area contributed by atoms with Crippen molar-refractivity contribution >= 4 is 33.2 Å². The number of nitrogens with one attached hydrogen (secondary N) is 2. The number of nitrogens with two attached hydrogens (primary N) is 1. The lowest BCUT2D eigenvalue weighted by atomic mass is 9.72. The minimum Gasteiger partial charge on any atom is -0.379 e. The summed E-state index contributed by atoms with van der Waals surface area (Å²) in [6.07, 6.45) is 4.88. The van der Waals surface area contributed by atoms with Crippen molar-refractivity contribution in [2.45, 2.75) is 82.0 Å². The quantitative estimate of drug-likeness (QED) is 0.314. The van der Waals surface area contributed by atoms with Gasteiger partial charge in [0.2, 0.25) is 15.9 Å². The highest BCUT2D eigenvalue weighted by molar-refractivity contribution is 7.89. The summed E-state index contributed by atoms with van der Waals surface area (Å²) >= 11 is 6.18. The lowest BCUT2D eigenvalue weighted by Crippen LogP contribution is -2.57. The highest BCUT2D eigenvalue weighted by atomic mass is 35.5. The molecule has 4 N–H and O–H groups in total. The highest BCUT2D eigenvalue weighted by Gasteiger charge is 2.40. The van der Waals surface area contributed by atoms with Gasteiger partial charge in [-0.25, -0.2) is 12.8 Å². The number of sulfonamides is 1. The molecule has 1 aliphatic carbocycles. The third-order valence-electron chi connectivity index (χ3n) is 9.58. The number of nitrogens with zero attached hydrogens (tertiary/aromatic N) is 1. The molecule has 11 heteroatoms. The van der Waals surface area contributed by atoms with Crippen LogP contribution in [-0.4, -0.2) is 68.3 Å². The largest absolute Gasteiger partial charge is 0.379 e. The number of rotatable bonds is 10. The van der Waals surface area contributed by atoms with Crippen LogP contribution in [0.1, 0.15) is 62.5 Å². The Hall–Kier alpha value is -2.34. The summed E-state index contributed by atoms with van der Waals surface area (Å²) < 4.78 is 48.7. The molecule has 2 heterocycles. The molecule has 1 saturated carbocycles. The van der Waals surface area contributed by atoms with E-state index in [0.29, 0.717) is 48.8 Å². The molecule has 2 aliphatic heterocycles. The number of piperazine rings is 1. The summed E-state index contributed by atoms with van der Waals surface area (Å²) in [5.41, 5.74) is 9.27. The van der Waals surface area contributed by atoms with Gasteiger partial charge in [0.1, 0.15) is 5.82 Å². The molecule has 5 atom stereocenters. The predicted molar refractivity (Wildman–Crippen MR) is 173 cm³/mol. The monoisotopic (exact) mass is 646 g/mol. The van der Waals surface area contributed by atoms with Gasteiger partial charge in [-0.3, -0.25) is 4.79 Å². The lowest BCUT2D eigenvalue weighted by molar-refractivity contribution is -0.118. The van der Waals surface area contributed by atoms with Crippen LogP contribution in [0.25, 0.3) is 0 Å². The molecule has 0 aromatic heterocycles. The summed E-state index contributed by atoms with van der Waals surface area (Å²) in [5, 5.41) is 6.95. The number of hydrogen-bond acceptors (Lipinski definition) is 6. The standard InChI is InChI=1S/C33H44ClFN4O4S/c1-3-43-26-14-9-23(10-15-26)31(22-7-11-24(34)12-8-22)32(36)33(40)38-29-6-4-5-28(35)27(29)16-13-25-19-37-30-20-39(25)44(41,42)18-17-21(30)2/h4-8,11-12,23,25-26,30-32,37H,2-3,9-10,13-20,36H2,1H3,(H,38,40). The van der Waals surface area contributed by atoms with Gasteiger partial charge < -0.3 is 21.1 Å². The van der Waals surface area contributed by atoms with Gasteiger partial charge in [-0.2, -0.15) is 4.31 Å². The highest BCUT2D eigenvalue weighted by Crippen LogP contribution is 2.39. The van der Waals surface area contributed by atoms with Gasteiger partial charge in [-0.1, -0.05) is 42.0 Å². The number of anilines is 1. The van der Waals surface area contributed by atoms with E-state index in [-0.39, 0.29) is 48.1 Å². The van der Waals surface area contributed by atoms with Crippen molar-refractivity contribution in [2.75, 3.05) is 30.8 Å². The molecule has 1 amide bonds. The number of halogens is 2. The first kappa shape index (κ1) is 33.0. The Bertz CT molecular complexity index is 1430. The van der Waals surface area contributed by atoms with Crippen LogP contribution in [0.5, 0.6) is 0 Å². The second-order valence-electron chi connectivity index (χ2n) is 12.3. The molecule has 2 aromatic rings. The van der Waals surface area contributed by atoms with Crippen molar-refractivity contribution in [1.82, 2.24) is 9.62 Å². The Morgan fingerprint density at radius 2 is 1.93 bits per heavy atom. The number of benzene rings is 2. The number of fused-ring (bicyclic) bond motifs is 2. The van der Waals surface area contributed by atoms with Gasteiger partial charge in [0, 0.05) is 54.0 Å². The Kier molecular flexibility index (Phi) is 10.8. The molecule has 2 bridgehead atoms. The molecule has 2 aromatic carbocycles. The minimum atomic E-state index is -3.45. The van der Waals surface area contributed by atoms with E-state index >= 15 is 4.39 Å². The molecule has 5 unspecified atom stereocenters. The van der Waals surface area contributed by atoms with Crippen LogP contribution in [0.15, 0.2) is 54.6 Å². The van der Waals surface area contributed by atoms with Crippen LogP contribution in [0.3, 0.4) is 0 Å². The third-order valence-corrected chi connectivity index (χ3v) is 11.7. The van der Waals surface area contributed by atoms with Crippen molar-refractivity contribution in [2.24, 2.45) is 11.7 Å². The van der Waals surface area contributed by atoms with Gasteiger partial charge in [-0.05, 0) is 87.6 Å². The number of hydrogen-bond donors (Lipinski definition) is 3. The second-order valence-corrected chi connectivity index (χ2v) is 14.8. The molecule has 240 valence electrons. The average Bonchev–Trinajstić information content (AvgIpc) is 3.09. The first-order valence-corrected chi connectivity index (χ1v) is 17.7. The minimum absolute atomic E-state index is 0.0292. The molecule has 0 radical (unpaired) electrons. The Balaban J connectivity index is 1.32. The van der Waals surface area contributed by atoms with Crippen LogP contribution in [0, 0.1) is 11.7 Å². The van der Waals surface area contributed by atoms with E-state index in [0.717, 1.165) is 36.8 Å². The number of ether oxygens (including phenoxy) is 1. The summed E-state index contributed by atoms with van der Waals surface area (Å²) in [5.74, 6) is -0.888.